The molecule has 4 heteroatoms. The molecule has 0 aromatic carbocycles. The molecular formula is C14H24N2O2. The summed E-state index contributed by atoms with van der Waals surface area (Å²) in [4.78, 5) is 4.45. The van der Waals surface area contributed by atoms with Crippen molar-refractivity contribution in [1.82, 2.24) is 10.1 Å². The molecule has 1 aliphatic rings. The van der Waals surface area contributed by atoms with E-state index < -0.39 is 0 Å². The zero-order chi connectivity index (χ0) is 13.0. The predicted molar refractivity (Wildman–Crippen MR) is 69.3 cm³/mol. The minimum Gasteiger partial charge on any atom is -0.393 e. The van der Waals surface area contributed by atoms with Gasteiger partial charge in [-0.15, -0.1) is 0 Å². The molecule has 102 valence electrons. The molecule has 1 aromatic rings. The molecule has 2 rings (SSSR count). The second kappa shape index (κ2) is 6.32. The number of nitrogens with zero attached hydrogens (tertiary/aromatic N) is 2. The molecule has 1 aromatic heterocycles. The molecule has 1 saturated carbocycles. The second-order valence-corrected chi connectivity index (χ2v) is 5.66. The summed E-state index contributed by atoms with van der Waals surface area (Å²) in [6.07, 6.45) is 6.81. The van der Waals surface area contributed by atoms with E-state index in [-0.39, 0.29) is 6.10 Å². The van der Waals surface area contributed by atoms with Gasteiger partial charge in [-0.1, -0.05) is 38.3 Å². The highest BCUT2D eigenvalue weighted by Gasteiger charge is 2.24. The van der Waals surface area contributed by atoms with Crippen molar-refractivity contribution in [3.05, 3.63) is 11.7 Å². The zero-order valence-corrected chi connectivity index (χ0v) is 11.4. The van der Waals surface area contributed by atoms with Gasteiger partial charge in [0.1, 0.15) is 0 Å². The van der Waals surface area contributed by atoms with E-state index in [9.17, 15) is 5.11 Å². The van der Waals surface area contributed by atoms with Crippen LogP contribution in [0.4, 0.5) is 0 Å². The first-order chi connectivity index (χ1) is 8.69. The maximum absolute atomic E-state index is 9.74. The highest BCUT2D eigenvalue weighted by Crippen LogP contribution is 2.34. The molecular weight excluding hydrogens is 228 g/mol. The quantitative estimate of drug-likeness (QED) is 0.875. The number of hydrogen-bond donors (Lipinski definition) is 1. The van der Waals surface area contributed by atoms with E-state index in [1.165, 1.54) is 19.3 Å². The zero-order valence-electron chi connectivity index (χ0n) is 11.4. The van der Waals surface area contributed by atoms with Crippen LogP contribution in [-0.2, 0) is 6.42 Å². The molecule has 4 nitrogen and oxygen atoms in total. The van der Waals surface area contributed by atoms with Gasteiger partial charge in [-0.05, 0) is 25.2 Å². The van der Waals surface area contributed by atoms with Crippen LogP contribution in [0.5, 0.6) is 0 Å². The van der Waals surface area contributed by atoms with Gasteiger partial charge in [0.15, 0.2) is 5.82 Å². The van der Waals surface area contributed by atoms with Crippen molar-refractivity contribution in [3.63, 3.8) is 0 Å². The molecule has 1 N–H and O–H groups in total. The third kappa shape index (κ3) is 3.55. The maximum Gasteiger partial charge on any atom is 0.229 e. The Kier molecular flexibility index (Phi) is 4.75. The summed E-state index contributed by atoms with van der Waals surface area (Å²) in [5.74, 6) is 2.65. The van der Waals surface area contributed by atoms with Crippen LogP contribution in [0, 0.1) is 5.92 Å². The van der Waals surface area contributed by atoms with Gasteiger partial charge in [0.05, 0.1) is 12.5 Å². The summed E-state index contributed by atoms with van der Waals surface area (Å²) in [7, 11) is 0. The standard InChI is InChI=1S/C14H24N2O2/c1-3-5-12(17)9-13-15-14(16-18-13)11-7-4-6-10(2)8-11/h10-12,17H,3-9H2,1-2H3. The Bertz CT molecular complexity index is 364. The summed E-state index contributed by atoms with van der Waals surface area (Å²) in [5, 5.41) is 13.8. The Morgan fingerprint density at radius 1 is 1.44 bits per heavy atom. The highest BCUT2D eigenvalue weighted by molar-refractivity contribution is 4.98. The fraction of sp³-hybridized carbons (Fsp3) is 0.857. The van der Waals surface area contributed by atoms with E-state index in [4.69, 9.17) is 4.52 Å². The number of aliphatic hydroxyl groups is 1. The average molecular weight is 252 g/mol. The minimum absolute atomic E-state index is 0.353. The lowest BCUT2D eigenvalue weighted by Gasteiger charge is -2.23. The largest absolute Gasteiger partial charge is 0.393 e. The van der Waals surface area contributed by atoms with Crippen molar-refractivity contribution in [2.75, 3.05) is 0 Å². The average Bonchev–Trinajstić information content (AvgIpc) is 2.78. The van der Waals surface area contributed by atoms with Gasteiger partial charge in [0.2, 0.25) is 5.89 Å². The first kappa shape index (κ1) is 13.5. The van der Waals surface area contributed by atoms with Crippen LogP contribution in [0.25, 0.3) is 0 Å². The predicted octanol–water partition coefficient (Wildman–Crippen LogP) is 3.07. The topological polar surface area (TPSA) is 59.2 Å². The maximum atomic E-state index is 9.74. The lowest BCUT2D eigenvalue weighted by atomic mass is 9.82. The third-order valence-corrected chi connectivity index (χ3v) is 3.82. The number of hydrogen-bond acceptors (Lipinski definition) is 4. The molecule has 3 unspecified atom stereocenters. The second-order valence-electron chi connectivity index (χ2n) is 5.66. The molecule has 0 radical (unpaired) electrons. The van der Waals surface area contributed by atoms with Crippen LogP contribution < -0.4 is 0 Å². The molecule has 1 aliphatic carbocycles. The fourth-order valence-electron chi connectivity index (χ4n) is 2.82. The van der Waals surface area contributed by atoms with Crippen LogP contribution in [0.3, 0.4) is 0 Å². The Balaban J connectivity index is 1.92. The Hall–Kier alpha value is -0.900. The molecule has 0 amide bonds. The van der Waals surface area contributed by atoms with Gasteiger partial charge >= 0.3 is 0 Å². The monoisotopic (exact) mass is 252 g/mol. The van der Waals surface area contributed by atoms with Crippen molar-refractivity contribution < 1.29 is 9.63 Å². The van der Waals surface area contributed by atoms with Crippen LogP contribution in [0.15, 0.2) is 4.52 Å². The Labute approximate surface area is 109 Å². The van der Waals surface area contributed by atoms with Crippen LogP contribution in [0.1, 0.15) is 70.0 Å². The third-order valence-electron chi connectivity index (χ3n) is 3.82. The first-order valence-corrected chi connectivity index (χ1v) is 7.19. The fourth-order valence-corrected chi connectivity index (χ4v) is 2.82. The normalized spacial score (nSPS) is 26.2. The van der Waals surface area contributed by atoms with Crippen LogP contribution >= 0.6 is 0 Å². The first-order valence-electron chi connectivity index (χ1n) is 7.19. The van der Waals surface area contributed by atoms with Gasteiger partial charge in [-0.2, -0.15) is 4.98 Å². The van der Waals surface area contributed by atoms with E-state index in [1.54, 1.807) is 0 Å². The van der Waals surface area contributed by atoms with E-state index in [0.717, 1.165) is 31.0 Å². The van der Waals surface area contributed by atoms with Crippen molar-refractivity contribution >= 4 is 0 Å². The van der Waals surface area contributed by atoms with E-state index in [1.807, 2.05) is 0 Å². The molecule has 0 saturated heterocycles. The van der Waals surface area contributed by atoms with Crippen LogP contribution in [0.2, 0.25) is 0 Å². The molecule has 18 heavy (non-hydrogen) atoms. The number of aliphatic hydroxyl groups excluding tert-OH is 1. The van der Waals surface area contributed by atoms with Crippen molar-refractivity contribution in [1.29, 1.82) is 0 Å². The van der Waals surface area contributed by atoms with E-state index >= 15 is 0 Å². The van der Waals surface area contributed by atoms with Crippen molar-refractivity contribution in [2.45, 2.75) is 70.8 Å². The summed E-state index contributed by atoms with van der Waals surface area (Å²) in [5.41, 5.74) is 0. The number of aromatic nitrogens is 2. The van der Waals surface area contributed by atoms with E-state index in [2.05, 4.69) is 24.0 Å². The lowest BCUT2D eigenvalue weighted by molar-refractivity contribution is 0.151. The Morgan fingerprint density at radius 3 is 3.00 bits per heavy atom. The highest BCUT2D eigenvalue weighted by atomic mass is 16.5. The van der Waals surface area contributed by atoms with Gasteiger partial charge in [-0.25, -0.2) is 0 Å². The molecule has 0 aliphatic heterocycles. The molecule has 0 spiro atoms. The smallest absolute Gasteiger partial charge is 0.229 e. The molecule has 1 fully saturated rings. The number of rotatable bonds is 5. The summed E-state index contributed by atoms with van der Waals surface area (Å²) in [6.45, 7) is 4.35. The van der Waals surface area contributed by atoms with Crippen molar-refractivity contribution in [2.24, 2.45) is 5.92 Å². The molecule has 3 atom stereocenters. The molecule has 0 bridgehead atoms. The SMILES string of the molecule is CCCC(O)Cc1nc(C2CCCC(C)C2)no1. The Morgan fingerprint density at radius 2 is 2.28 bits per heavy atom. The van der Waals surface area contributed by atoms with Gasteiger partial charge < -0.3 is 9.63 Å². The lowest BCUT2D eigenvalue weighted by Crippen LogP contribution is -2.13. The van der Waals surface area contributed by atoms with E-state index in [0.29, 0.717) is 18.2 Å². The summed E-state index contributed by atoms with van der Waals surface area (Å²) in [6, 6.07) is 0. The summed E-state index contributed by atoms with van der Waals surface area (Å²) >= 11 is 0. The van der Waals surface area contributed by atoms with Crippen molar-refractivity contribution in [3.8, 4) is 0 Å². The summed E-state index contributed by atoms with van der Waals surface area (Å²) < 4.78 is 5.25. The molecule has 1 heterocycles. The minimum atomic E-state index is -0.353. The van der Waals surface area contributed by atoms with Gasteiger partial charge in [0.25, 0.3) is 0 Å². The van der Waals surface area contributed by atoms with Crippen LogP contribution in [-0.4, -0.2) is 21.4 Å². The van der Waals surface area contributed by atoms with Gasteiger partial charge in [0, 0.05) is 5.92 Å². The van der Waals surface area contributed by atoms with Gasteiger partial charge in [-0.3, -0.25) is 0 Å².